The Bertz CT molecular complexity index is 2360. The van der Waals surface area contributed by atoms with Gasteiger partial charge in [-0.3, -0.25) is 14.2 Å². The second-order valence-corrected chi connectivity index (χ2v) is 13.9. The highest BCUT2D eigenvalue weighted by molar-refractivity contribution is 9.10. The van der Waals surface area contributed by atoms with Gasteiger partial charge in [-0.1, -0.05) is 0 Å². The molecule has 20 heteroatoms. The SMILES string of the molecule is CCn1ncc(Cc2cc(C(F)(F)F)nn2-c2ccc(F)cc2C(C)=O)c1Br.CCn1ncc(Cc2cc(C(F)(F)F)nn2-c2ccc(F)cc2C(C)O)c1Br. The number of nitrogens with zero attached hydrogens (tertiary/aromatic N) is 8. The van der Waals surface area contributed by atoms with Crippen LogP contribution in [-0.2, 0) is 38.3 Å². The van der Waals surface area contributed by atoms with Crippen LogP contribution in [0.1, 0.15) is 83.6 Å². The smallest absolute Gasteiger partial charge is 0.389 e. The molecule has 0 spiro atoms. The normalized spacial score (nSPS) is 12.5. The second-order valence-electron chi connectivity index (χ2n) is 12.4. The first-order valence-corrected chi connectivity index (χ1v) is 18.3. The van der Waals surface area contributed by atoms with Gasteiger partial charge >= 0.3 is 12.4 Å². The number of hydrogen-bond donors (Lipinski definition) is 1. The molecule has 56 heavy (non-hydrogen) atoms. The number of hydrogen-bond acceptors (Lipinski definition) is 6. The average molecular weight is 920 g/mol. The first-order valence-electron chi connectivity index (χ1n) is 16.7. The van der Waals surface area contributed by atoms with E-state index in [0.717, 1.165) is 45.8 Å². The lowest BCUT2D eigenvalue weighted by molar-refractivity contribution is -0.142. The van der Waals surface area contributed by atoms with E-state index < -0.39 is 47.3 Å². The molecule has 0 amide bonds. The van der Waals surface area contributed by atoms with E-state index in [1.807, 2.05) is 13.8 Å². The molecule has 4 aromatic heterocycles. The Morgan fingerprint density at radius 3 is 1.55 bits per heavy atom. The maximum Gasteiger partial charge on any atom is 0.435 e. The Morgan fingerprint density at radius 1 is 0.732 bits per heavy atom. The molecule has 1 atom stereocenters. The third-order valence-electron chi connectivity index (χ3n) is 8.41. The fourth-order valence-electron chi connectivity index (χ4n) is 5.70. The molecule has 0 saturated heterocycles. The third kappa shape index (κ3) is 9.29. The number of halogens is 10. The first-order chi connectivity index (χ1) is 26.2. The van der Waals surface area contributed by atoms with Crippen LogP contribution >= 0.6 is 31.9 Å². The van der Waals surface area contributed by atoms with Crippen LogP contribution in [0.15, 0.2) is 70.1 Å². The minimum Gasteiger partial charge on any atom is -0.389 e. The van der Waals surface area contributed by atoms with Crippen molar-refractivity contribution in [3.05, 3.63) is 127 Å². The van der Waals surface area contributed by atoms with Gasteiger partial charge < -0.3 is 5.11 Å². The Balaban J connectivity index is 0.000000214. The van der Waals surface area contributed by atoms with Crippen LogP contribution < -0.4 is 0 Å². The summed E-state index contributed by atoms with van der Waals surface area (Å²) in [4.78, 5) is 11.9. The van der Waals surface area contributed by atoms with Crippen molar-refractivity contribution >= 4 is 37.6 Å². The lowest BCUT2D eigenvalue weighted by Gasteiger charge is -2.15. The molecule has 0 aliphatic heterocycles. The average Bonchev–Trinajstić information content (AvgIpc) is 3.91. The summed E-state index contributed by atoms with van der Waals surface area (Å²) in [5, 5.41) is 25.6. The van der Waals surface area contributed by atoms with Gasteiger partial charge in [-0.15, -0.1) is 0 Å². The van der Waals surface area contributed by atoms with Crippen molar-refractivity contribution in [3.8, 4) is 11.4 Å². The summed E-state index contributed by atoms with van der Waals surface area (Å²) >= 11 is 6.79. The maximum absolute atomic E-state index is 13.6. The topological polar surface area (TPSA) is 109 Å². The third-order valence-corrected chi connectivity index (χ3v) is 10.2. The number of alkyl halides is 6. The summed E-state index contributed by atoms with van der Waals surface area (Å²) in [6.07, 6.45) is -7.09. The summed E-state index contributed by atoms with van der Waals surface area (Å²) in [5.41, 5.74) is -0.0552. The first kappa shape index (κ1) is 42.5. The predicted octanol–water partition coefficient (Wildman–Crippen LogP) is 9.46. The van der Waals surface area contributed by atoms with Gasteiger partial charge in [-0.2, -0.15) is 46.7 Å². The molecule has 298 valence electrons. The van der Waals surface area contributed by atoms with Crippen LogP contribution in [0.5, 0.6) is 0 Å². The summed E-state index contributed by atoms with van der Waals surface area (Å²) in [7, 11) is 0. The zero-order valence-corrected chi connectivity index (χ0v) is 33.1. The number of aliphatic hydroxyl groups excluding tert-OH is 1. The molecule has 1 N–H and O–H groups in total. The van der Waals surface area contributed by atoms with Crippen LogP contribution in [0.25, 0.3) is 11.4 Å². The summed E-state index contributed by atoms with van der Waals surface area (Å²) in [6, 6.07) is 8.68. The van der Waals surface area contributed by atoms with Gasteiger partial charge in [0.05, 0.1) is 29.9 Å². The van der Waals surface area contributed by atoms with Gasteiger partial charge in [-0.05, 0) is 108 Å². The summed E-state index contributed by atoms with van der Waals surface area (Å²) < 4.78 is 114. The van der Waals surface area contributed by atoms with Gasteiger partial charge in [0.1, 0.15) is 20.8 Å². The number of Topliss-reactive ketones (excluding diaryl/α,β-unsaturated/α-hetero) is 1. The lowest BCUT2D eigenvalue weighted by Crippen LogP contribution is -2.11. The Kier molecular flexibility index (Phi) is 12.7. The van der Waals surface area contributed by atoms with E-state index >= 15 is 0 Å². The number of aryl methyl sites for hydroxylation is 2. The molecule has 4 heterocycles. The van der Waals surface area contributed by atoms with Crippen LogP contribution in [0.4, 0.5) is 35.1 Å². The van der Waals surface area contributed by atoms with E-state index in [2.05, 4.69) is 52.3 Å². The standard InChI is InChI=1S/C18H17BrF4N4O.C18H15BrF4N4O/c2*1-3-26-17(19)11(9-24-26)6-13-8-16(18(21,22)23)25-27(13)15-5-4-12(20)7-14(15)10(2)28/h4-5,7-10,28H,3,6H2,1-2H3;4-5,7-9H,3,6H2,1-2H3. The molecule has 0 bridgehead atoms. The van der Waals surface area contributed by atoms with E-state index in [-0.39, 0.29) is 46.7 Å². The fraction of sp³-hybridized carbons (Fsp3) is 0.306. The van der Waals surface area contributed by atoms with Crippen molar-refractivity contribution in [1.29, 1.82) is 0 Å². The number of rotatable bonds is 10. The molecule has 1 unspecified atom stereocenters. The highest BCUT2D eigenvalue weighted by atomic mass is 79.9. The van der Waals surface area contributed by atoms with Crippen molar-refractivity contribution in [3.63, 3.8) is 0 Å². The molecule has 0 fully saturated rings. The van der Waals surface area contributed by atoms with Crippen LogP contribution in [0.3, 0.4) is 0 Å². The van der Waals surface area contributed by atoms with Gasteiger partial charge in [0.15, 0.2) is 17.2 Å². The molecular weight excluding hydrogens is 888 g/mol. The summed E-state index contributed by atoms with van der Waals surface area (Å²) in [5.74, 6) is -1.74. The molecular formula is C36H32Br2F8N8O2. The quantitative estimate of drug-likeness (QED) is 0.108. The fourth-order valence-corrected chi connectivity index (χ4v) is 6.87. The van der Waals surface area contributed by atoms with Crippen molar-refractivity contribution in [2.75, 3.05) is 0 Å². The maximum atomic E-state index is 13.6. The lowest BCUT2D eigenvalue weighted by atomic mass is 10.1. The molecule has 0 radical (unpaired) electrons. The highest BCUT2D eigenvalue weighted by Crippen LogP contribution is 2.34. The molecule has 0 aliphatic carbocycles. The van der Waals surface area contributed by atoms with Gasteiger partial charge in [-0.25, -0.2) is 18.1 Å². The van der Waals surface area contributed by atoms with Gasteiger partial charge in [0.25, 0.3) is 0 Å². The van der Waals surface area contributed by atoms with Gasteiger partial charge in [0.2, 0.25) is 0 Å². The van der Waals surface area contributed by atoms with Gasteiger partial charge in [0, 0.05) is 59.6 Å². The molecule has 0 aliphatic rings. The number of ketones is 1. The largest absolute Gasteiger partial charge is 0.435 e. The van der Waals surface area contributed by atoms with Crippen molar-refractivity contribution < 1.29 is 45.0 Å². The van der Waals surface area contributed by atoms with Crippen molar-refractivity contribution in [2.45, 2.75) is 72.1 Å². The predicted molar refractivity (Wildman–Crippen MR) is 195 cm³/mol. The highest BCUT2D eigenvalue weighted by Gasteiger charge is 2.37. The number of aromatic nitrogens is 8. The number of carbonyl (C=O) groups is 1. The van der Waals surface area contributed by atoms with Crippen LogP contribution in [-0.4, -0.2) is 50.0 Å². The van der Waals surface area contributed by atoms with Crippen molar-refractivity contribution in [1.82, 2.24) is 39.1 Å². The second kappa shape index (κ2) is 16.8. The van der Waals surface area contributed by atoms with Crippen molar-refractivity contribution in [2.24, 2.45) is 0 Å². The number of aliphatic hydroxyl groups is 1. The monoisotopic (exact) mass is 918 g/mol. The van der Waals surface area contributed by atoms with E-state index in [1.54, 1.807) is 21.8 Å². The molecule has 2 aromatic carbocycles. The zero-order valence-electron chi connectivity index (χ0n) is 29.9. The number of carbonyl (C=O) groups excluding carboxylic acids is 1. The number of benzene rings is 2. The zero-order chi connectivity index (χ0) is 41.3. The van der Waals surface area contributed by atoms with Crippen LogP contribution in [0.2, 0.25) is 0 Å². The van der Waals surface area contributed by atoms with E-state index in [9.17, 15) is 45.0 Å². The van der Waals surface area contributed by atoms with E-state index in [4.69, 9.17) is 0 Å². The molecule has 10 nitrogen and oxygen atoms in total. The molecule has 0 saturated carbocycles. The minimum atomic E-state index is -4.67. The minimum absolute atomic E-state index is 0.0543. The van der Waals surface area contributed by atoms with E-state index in [0.29, 0.717) is 33.4 Å². The molecule has 6 aromatic rings. The Morgan fingerprint density at radius 2 is 1.16 bits per heavy atom. The summed E-state index contributed by atoms with van der Waals surface area (Å²) in [6.45, 7) is 7.58. The Hall–Kier alpha value is -4.69. The van der Waals surface area contributed by atoms with E-state index in [1.165, 1.54) is 26.0 Å². The van der Waals surface area contributed by atoms with Crippen LogP contribution in [0, 0.1) is 11.6 Å². The Labute approximate surface area is 331 Å². The molecule has 6 rings (SSSR count).